The third-order valence-electron chi connectivity index (χ3n) is 4.08. The topological polar surface area (TPSA) is 105 Å². The van der Waals surface area contributed by atoms with Gasteiger partial charge in [0.2, 0.25) is 11.8 Å². The second kappa shape index (κ2) is 8.49. The van der Waals surface area contributed by atoms with Crippen LogP contribution in [0.4, 0.5) is 5.69 Å². The Kier molecular flexibility index (Phi) is 6.05. The zero-order chi connectivity index (χ0) is 20.3. The van der Waals surface area contributed by atoms with Crippen molar-refractivity contribution in [3.05, 3.63) is 52.2 Å². The summed E-state index contributed by atoms with van der Waals surface area (Å²) in [6.45, 7) is 3.28. The van der Waals surface area contributed by atoms with Gasteiger partial charge in [-0.3, -0.25) is 14.4 Å². The number of ketones is 1. The first-order chi connectivity index (χ1) is 13.4. The van der Waals surface area contributed by atoms with Crippen LogP contribution in [-0.2, 0) is 9.59 Å². The lowest BCUT2D eigenvalue weighted by molar-refractivity contribution is -0.121. The molecule has 1 aromatic heterocycles. The van der Waals surface area contributed by atoms with Gasteiger partial charge in [-0.1, -0.05) is 17.8 Å². The Morgan fingerprint density at radius 3 is 2.50 bits per heavy atom. The van der Waals surface area contributed by atoms with Gasteiger partial charge in [-0.2, -0.15) is 5.10 Å². The predicted octanol–water partition coefficient (Wildman–Crippen LogP) is 3.05. The number of thiophene rings is 1. The highest BCUT2D eigenvalue weighted by atomic mass is 32.2. The zero-order valence-corrected chi connectivity index (χ0v) is 16.9. The largest absolute Gasteiger partial charge is 0.377 e. The summed E-state index contributed by atoms with van der Waals surface area (Å²) in [5, 5.41) is 9.46. The lowest BCUT2D eigenvalue weighted by Crippen LogP contribution is -2.31. The van der Waals surface area contributed by atoms with Gasteiger partial charge in [-0.05, 0) is 49.6 Å². The summed E-state index contributed by atoms with van der Waals surface area (Å²) in [6.07, 6.45) is 0.0296. The molecule has 2 amide bonds. The number of benzene rings is 1. The first-order valence-electron chi connectivity index (χ1n) is 8.43. The molecule has 7 nitrogen and oxygen atoms in total. The van der Waals surface area contributed by atoms with E-state index in [9.17, 15) is 14.4 Å². The Morgan fingerprint density at radius 2 is 1.89 bits per heavy atom. The standard InChI is InChI=1S/C19H18N4O3S2/c1-11(15-4-3-9-27-15)21-22-19(20)28-16-10-17(25)23(18(16)26)14-7-5-13(6-8-14)12(2)24/h3-9,16H,10H2,1-2H3,(H2,20,22)/b21-11+/t16-/m0/s1. The maximum atomic E-state index is 12.7. The van der Waals surface area contributed by atoms with Crippen LogP contribution in [0, 0.1) is 0 Å². The molecule has 2 aromatic rings. The van der Waals surface area contributed by atoms with Crippen molar-refractivity contribution in [3.8, 4) is 0 Å². The van der Waals surface area contributed by atoms with Crippen LogP contribution in [0.2, 0.25) is 0 Å². The first-order valence-corrected chi connectivity index (χ1v) is 10.2. The van der Waals surface area contributed by atoms with Crippen LogP contribution in [0.5, 0.6) is 0 Å². The Hall–Kier alpha value is -2.78. The smallest absolute Gasteiger partial charge is 0.247 e. The van der Waals surface area contributed by atoms with E-state index in [-0.39, 0.29) is 29.2 Å². The summed E-state index contributed by atoms with van der Waals surface area (Å²) in [6, 6.07) is 10.2. The summed E-state index contributed by atoms with van der Waals surface area (Å²) in [7, 11) is 0. The molecule has 2 heterocycles. The third-order valence-corrected chi connectivity index (χ3v) is 6.03. The molecule has 1 aromatic carbocycles. The second-order valence-corrected chi connectivity index (χ2v) is 8.25. The van der Waals surface area contributed by atoms with Crippen LogP contribution in [0.3, 0.4) is 0 Å². The van der Waals surface area contributed by atoms with Gasteiger partial charge in [0.1, 0.15) is 5.25 Å². The number of thioether (sulfide) groups is 1. The van der Waals surface area contributed by atoms with Gasteiger partial charge in [0, 0.05) is 12.0 Å². The lowest BCUT2D eigenvalue weighted by atomic mass is 10.1. The molecule has 0 radical (unpaired) electrons. The van der Waals surface area contributed by atoms with Gasteiger partial charge in [0.15, 0.2) is 11.0 Å². The van der Waals surface area contributed by atoms with Crippen molar-refractivity contribution in [1.82, 2.24) is 0 Å². The molecule has 144 valence electrons. The van der Waals surface area contributed by atoms with E-state index in [1.54, 1.807) is 35.6 Å². The first kappa shape index (κ1) is 20.0. The molecular weight excluding hydrogens is 396 g/mol. The Bertz CT molecular complexity index is 966. The van der Waals surface area contributed by atoms with Crippen molar-refractivity contribution in [2.75, 3.05) is 4.90 Å². The van der Waals surface area contributed by atoms with Gasteiger partial charge in [0.25, 0.3) is 0 Å². The number of amides is 2. The molecule has 0 saturated carbocycles. The van der Waals surface area contributed by atoms with Crippen molar-refractivity contribution in [3.63, 3.8) is 0 Å². The average molecular weight is 415 g/mol. The summed E-state index contributed by atoms with van der Waals surface area (Å²) < 4.78 is 0. The molecule has 1 atom stereocenters. The van der Waals surface area contributed by atoms with Crippen molar-refractivity contribution in [2.24, 2.45) is 15.9 Å². The van der Waals surface area contributed by atoms with Crippen LogP contribution < -0.4 is 10.6 Å². The fraction of sp³-hybridized carbons (Fsp3) is 0.211. The number of anilines is 1. The maximum Gasteiger partial charge on any atom is 0.247 e. The van der Waals surface area contributed by atoms with Gasteiger partial charge in [-0.15, -0.1) is 16.4 Å². The quantitative estimate of drug-likeness (QED) is 0.266. The highest BCUT2D eigenvalue weighted by Crippen LogP contribution is 2.30. The minimum atomic E-state index is -0.652. The van der Waals surface area contributed by atoms with E-state index in [4.69, 9.17) is 5.73 Å². The highest BCUT2D eigenvalue weighted by molar-refractivity contribution is 8.14. The predicted molar refractivity (Wildman–Crippen MR) is 113 cm³/mol. The third kappa shape index (κ3) is 4.37. The average Bonchev–Trinajstić information content (AvgIpc) is 3.29. The Morgan fingerprint density at radius 1 is 1.18 bits per heavy atom. The van der Waals surface area contributed by atoms with Crippen molar-refractivity contribution in [1.29, 1.82) is 0 Å². The Balaban J connectivity index is 1.70. The molecule has 3 rings (SSSR count). The molecule has 1 aliphatic heterocycles. The number of carbonyl (C=O) groups is 3. The molecule has 0 spiro atoms. The van der Waals surface area contributed by atoms with Gasteiger partial charge >= 0.3 is 0 Å². The summed E-state index contributed by atoms with van der Waals surface area (Å²) in [5.74, 6) is -0.756. The molecule has 28 heavy (non-hydrogen) atoms. The number of carbonyl (C=O) groups excluding carboxylic acids is 3. The van der Waals surface area contributed by atoms with E-state index in [2.05, 4.69) is 10.2 Å². The molecule has 1 fully saturated rings. The van der Waals surface area contributed by atoms with Crippen molar-refractivity contribution >= 4 is 57.3 Å². The van der Waals surface area contributed by atoms with Gasteiger partial charge in [-0.25, -0.2) is 4.90 Å². The van der Waals surface area contributed by atoms with E-state index in [1.807, 2.05) is 24.4 Å². The SMILES string of the molecule is CC(=O)c1ccc(N2C(=O)C[C@H](SC(N)=N/N=C(\C)c3cccs3)C2=O)cc1. The molecule has 0 aliphatic carbocycles. The fourth-order valence-corrected chi connectivity index (χ4v) is 4.12. The van der Waals surface area contributed by atoms with Gasteiger partial charge < -0.3 is 5.73 Å². The molecule has 2 N–H and O–H groups in total. The van der Waals surface area contributed by atoms with E-state index < -0.39 is 5.25 Å². The number of nitrogens with zero attached hydrogens (tertiary/aromatic N) is 3. The van der Waals surface area contributed by atoms with Gasteiger partial charge in [0.05, 0.1) is 16.3 Å². The number of hydrogen-bond donors (Lipinski definition) is 1. The zero-order valence-electron chi connectivity index (χ0n) is 15.3. The number of Topliss-reactive ketones (excluding diaryl/α,β-unsaturated/α-hetero) is 1. The normalized spacial score (nSPS) is 18.1. The van der Waals surface area contributed by atoms with E-state index >= 15 is 0 Å². The van der Waals surface area contributed by atoms with Crippen LogP contribution in [0.25, 0.3) is 0 Å². The lowest BCUT2D eigenvalue weighted by Gasteiger charge is -2.15. The maximum absolute atomic E-state index is 12.7. The van der Waals surface area contributed by atoms with Crippen LogP contribution in [0.15, 0.2) is 52.0 Å². The molecule has 0 unspecified atom stereocenters. The highest BCUT2D eigenvalue weighted by Gasteiger charge is 2.40. The molecule has 0 bridgehead atoms. The summed E-state index contributed by atoms with van der Waals surface area (Å²) >= 11 is 2.57. The minimum Gasteiger partial charge on any atom is -0.377 e. The van der Waals surface area contributed by atoms with Crippen LogP contribution in [-0.4, -0.2) is 33.7 Å². The Labute approximate surface area is 170 Å². The number of nitrogens with two attached hydrogens (primary N) is 1. The molecule has 1 aliphatic rings. The fourth-order valence-electron chi connectivity index (χ4n) is 2.64. The molecule has 1 saturated heterocycles. The van der Waals surface area contributed by atoms with E-state index in [1.165, 1.54) is 6.92 Å². The summed E-state index contributed by atoms with van der Waals surface area (Å²) in [5.41, 5.74) is 7.56. The molecular formula is C19H18N4O3S2. The number of rotatable bonds is 5. The minimum absolute atomic E-state index is 0.0296. The van der Waals surface area contributed by atoms with Crippen LogP contribution in [0.1, 0.15) is 35.5 Å². The number of imide groups is 1. The summed E-state index contributed by atoms with van der Waals surface area (Å²) in [4.78, 5) is 38.5. The van der Waals surface area contributed by atoms with Crippen LogP contribution >= 0.6 is 23.1 Å². The van der Waals surface area contributed by atoms with Crippen molar-refractivity contribution < 1.29 is 14.4 Å². The number of hydrogen-bond acceptors (Lipinski definition) is 7. The second-order valence-electron chi connectivity index (χ2n) is 6.08. The van der Waals surface area contributed by atoms with E-state index in [0.29, 0.717) is 11.3 Å². The van der Waals surface area contributed by atoms with E-state index in [0.717, 1.165) is 27.3 Å². The monoisotopic (exact) mass is 414 g/mol. The van der Waals surface area contributed by atoms with Crippen molar-refractivity contribution in [2.45, 2.75) is 25.5 Å². The number of amidine groups is 1. The molecule has 9 heteroatoms.